The minimum absolute atomic E-state index is 0.0335. The molecule has 2 aromatic rings. The first kappa shape index (κ1) is 21.4. The number of likely N-dealkylation sites (tertiary alicyclic amines) is 1. The number of aliphatic hydroxyl groups excluding tert-OH is 1. The van der Waals surface area contributed by atoms with E-state index in [0.29, 0.717) is 19.4 Å². The molecule has 0 unspecified atom stereocenters. The number of esters is 1. The van der Waals surface area contributed by atoms with E-state index in [9.17, 15) is 14.7 Å². The number of H-pyrrole nitrogens is 1. The van der Waals surface area contributed by atoms with Crippen molar-refractivity contribution in [3.8, 4) is 0 Å². The van der Waals surface area contributed by atoms with E-state index in [2.05, 4.69) is 11.9 Å². The van der Waals surface area contributed by atoms with Gasteiger partial charge in [-0.1, -0.05) is 38.5 Å². The molecule has 1 amide bonds. The van der Waals surface area contributed by atoms with Crippen LogP contribution in [-0.2, 0) is 20.7 Å². The highest BCUT2D eigenvalue weighted by atomic mass is 16.5. The monoisotopic (exact) mass is 400 g/mol. The van der Waals surface area contributed by atoms with Crippen molar-refractivity contribution in [1.82, 2.24) is 9.88 Å². The van der Waals surface area contributed by atoms with Crippen LogP contribution in [0.15, 0.2) is 24.3 Å². The van der Waals surface area contributed by atoms with E-state index < -0.39 is 0 Å². The molecule has 1 saturated heterocycles. The van der Waals surface area contributed by atoms with Gasteiger partial charge in [-0.25, -0.2) is 0 Å². The van der Waals surface area contributed by atoms with Crippen LogP contribution in [0.3, 0.4) is 0 Å². The molecule has 1 aromatic carbocycles. The fourth-order valence-electron chi connectivity index (χ4n) is 5.01. The Balaban J connectivity index is 2.07. The number of aromatic nitrogens is 1. The van der Waals surface area contributed by atoms with E-state index in [1.54, 1.807) is 6.92 Å². The number of para-hydroxylation sites is 1. The van der Waals surface area contributed by atoms with Crippen molar-refractivity contribution in [3.63, 3.8) is 0 Å². The summed E-state index contributed by atoms with van der Waals surface area (Å²) in [5.41, 5.74) is 3.04. The highest BCUT2D eigenvalue weighted by Gasteiger charge is 2.42. The standard InChI is InChI=1S/C23H32N2O4/c1-5-16-13-25(15(3)27)21(12-19(16)14(2)23(28)29-4)22-18(10-11-26)17-8-6-7-9-20(17)24-22/h6-9,14,16,19,21,24,26H,5,10-13H2,1-4H3/t14-,16+,19+,21-/m0/s1. The third-order valence-electron chi connectivity index (χ3n) is 6.59. The summed E-state index contributed by atoms with van der Waals surface area (Å²) in [6.45, 7) is 6.32. The molecule has 1 aliphatic rings. The average molecular weight is 401 g/mol. The zero-order valence-electron chi connectivity index (χ0n) is 17.8. The molecule has 158 valence electrons. The number of carbonyl (C=O) groups is 2. The maximum absolute atomic E-state index is 12.6. The zero-order chi connectivity index (χ0) is 21.1. The highest BCUT2D eigenvalue weighted by molar-refractivity contribution is 5.85. The number of fused-ring (bicyclic) bond motifs is 1. The fraction of sp³-hybridized carbons (Fsp3) is 0.565. The summed E-state index contributed by atoms with van der Waals surface area (Å²) in [6.07, 6.45) is 2.12. The van der Waals surface area contributed by atoms with Crippen molar-refractivity contribution >= 4 is 22.8 Å². The predicted molar refractivity (Wildman–Crippen MR) is 112 cm³/mol. The van der Waals surface area contributed by atoms with Gasteiger partial charge in [0.05, 0.1) is 19.1 Å². The van der Waals surface area contributed by atoms with Gasteiger partial charge < -0.3 is 19.7 Å². The smallest absolute Gasteiger partial charge is 0.308 e. The molecule has 1 aliphatic heterocycles. The third-order valence-corrected chi connectivity index (χ3v) is 6.59. The first-order valence-corrected chi connectivity index (χ1v) is 10.5. The van der Waals surface area contributed by atoms with Crippen LogP contribution >= 0.6 is 0 Å². The van der Waals surface area contributed by atoms with E-state index in [1.807, 2.05) is 36.1 Å². The number of hydrogen-bond acceptors (Lipinski definition) is 4. The Morgan fingerprint density at radius 2 is 2.07 bits per heavy atom. The normalized spacial score (nSPS) is 23.2. The van der Waals surface area contributed by atoms with E-state index in [1.165, 1.54) is 7.11 Å². The van der Waals surface area contributed by atoms with E-state index in [-0.39, 0.29) is 42.3 Å². The Hall–Kier alpha value is -2.34. The molecule has 6 heteroatoms. The van der Waals surface area contributed by atoms with Gasteiger partial charge in [-0.05, 0) is 36.3 Å². The fourth-order valence-corrected chi connectivity index (χ4v) is 5.01. The van der Waals surface area contributed by atoms with Gasteiger partial charge in [-0.2, -0.15) is 0 Å². The van der Waals surface area contributed by atoms with E-state index >= 15 is 0 Å². The molecular formula is C23H32N2O4. The minimum Gasteiger partial charge on any atom is -0.469 e. The Morgan fingerprint density at radius 1 is 1.34 bits per heavy atom. The van der Waals surface area contributed by atoms with Crippen LogP contribution in [0.2, 0.25) is 0 Å². The minimum atomic E-state index is -0.229. The molecular weight excluding hydrogens is 368 g/mol. The topological polar surface area (TPSA) is 82.6 Å². The van der Waals surface area contributed by atoms with Gasteiger partial charge in [0.15, 0.2) is 0 Å². The highest BCUT2D eigenvalue weighted by Crippen LogP contribution is 2.44. The van der Waals surface area contributed by atoms with Gasteiger partial charge in [0.25, 0.3) is 0 Å². The number of piperidine rings is 1. The summed E-state index contributed by atoms with van der Waals surface area (Å²) >= 11 is 0. The second kappa shape index (κ2) is 8.99. The van der Waals surface area contributed by atoms with Gasteiger partial charge in [0.2, 0.25) is 5.91 Å². The number of aromatic amines is 1. The number of methoxy groups -OCH3 is 1. The number of hydrogen-bond donors (Lipinski definition) is 2. The number of carbonyl (C=O) groups excluding carboxylic acids is 2. The lowest BCUT2D eigenvalue weighted by atomic mass is 9.72. The lowest BCUT2D eigenvalue weighted by Crippen LogP contribution is -2.47. The van der Waals surface area contributed by atoms with Crippen LogP contribution in [0.1, 0.15) is 50.9 Å². The predicted octanol–water partition coefficient (Wildman–Crippen LogP) is 3.45. The lowest BCUT2D eigenvalue weighted by molar-refractivity contribution is -0.150. The number of aliphatic hydroxyl groups is 1. The first-order valence-electron chi connectivity index (χ1n) is 10.5. The van der Waals surface area contributed by atoms with Crippen LogP contribution in [0.4, 0.5) is 0 Å². The largest absolute Gasteiger partial charge is 0.469 e. The maximum atomic E-state index is 12.6. The Labute approximate surface area is 172 Å². The van der Waals surface area contributed by atoms with E-state index in [0.717, 1.165) is 28.6 Å². The molecule has 3 rings (SSSR count). The van der Waals surface area contributed by atoms with Gasteiger partial charge in [-0.15, -0.1) is 0 Å². The SMILES string of the molecule is CC[C@@H]1CN(C(C)=O)[C@H](c2[nH]c3ccccc3c2CCO)C[C@@H]1[C@H](C)C(=O)OC. The maximum Gasteiger partial charge on any atom is 0.308 e. The summed E-state index contributed by atoms with van der Waals surface area (Å²) in [7, 11) is 1.43. The quantitative estimate of drug-likeness (QED) is 0.728. The molecule has 0 bridgehead atoms. The number of ether oxygens (including phenoxy) is 1. The van der Waals surface area contributed by atoms with Crippen LogP contribution in [0.25, 0.3) is 10.9 Å². The molecule has 2 N–H and O–H groups in total. The van der Waals surface area contributed by atoms with Crippen molar-refractivity contribution in [1.29, 1.82) is 0 Å². The van der Waals surface area contributed by atoms with Crippen molar-refractivity contribution in [2.24, 2.45) is 17.8 Å². The van der Waals surface area contributed by atoms with Crippen LogP contribution in [-0.4, -0.2) is 47.1 Å². The van der Waals surface area contributed by atoms with E-state index in [4.69, 9.17) is 4.74 Å². The van der Waals surface area contributed by atoms with Crippen molar-refractivity contribution in [3.05, 3.63) is 35.5 Å². The number of nitrogens with zero attached hydrogens (tertiary/aromatic N) is 1. The molecule has 29 heavy (non-hydrogen) atoms. The third kappa shape index (κ3) is 4.04. The number of benzene rings is 1. The molecule has 1 aromatic heterocycles. The number of rotatable bonds is 6. The second-order valence-corrected chi connectivity index (χ2v) is 8.10. The molecule has 0 saturated carbocycles. The van der Waals surface area contributed by atoms with Crippen molar-refractivity contribution in [2.45, 2.75) is 46.1 Å². The summed E-state index contributed by atoms with van der Waals surface area (Å²) in [5, 5.41) is 10.7. The van der Waals surface area contributed by atoms with Crippen molar-refractivity contribution < 1.29 is 19.4 Å². The summed E-state index contributed by atoms with van der Waals surface area (Å²) in [6, 6.07) is 7.87. The summed E-state index contributed by atoms with van der Waals surface area (Å²) in [5.74, 6) is -0.0227. The number of amides is 1. The molecule has 1 fully saturated rings. The van der Waals surface area contributed by atoms with Crippen LogP contribution < -0.4 is 0 Å². The zero-order valence-corrected chi connectivity index (χ0v) is 17.8. The second-order valence-electron chi connectivity index (χ2n) is 8.10. The van der Waals surface area contributed by atoms with Gasteiger partial charge >= 0.3 is 5.97 Å². The van der Waals surface area contributed by atoms with Crippen LogP contribution in [0.5, 0.6) is 0 Å². The lowest BCUT2D eigenvalue weighted by Gasteiger charge is -2.45. The van der Waals surface area contributed by atoms with Crippen molar-refractivity contribution in [2.75, 3.05) is 20.3 Å². The number of nitrogens with one attached hydrogen (secondary N) is 1. The Kier molecular flexibility index (Phi) is 6.63. The molecule has 0 radical (unpaired) electrons. The molecule has 6 nitrogen and oxygen atoms in total. The van der Waals surface area contributed by atoms with Crippen LogP contribution in [0, 0.1) is 17.8 Å². The Bertz CT molecular complexity index is 875. The summed E-state index contributed by atoms with van der Waals surface area (Å²) in [4.78, 5) is 30.3. The average Bonchev–Trinajstić information content (AvgIpc) is 3.10. The van der Waals surface area contributed by atoms with Gasteiger partial charge in [0.1, 0.15) is 0 Å². The molecule has 4 atom stereocenters. The summed E-state index contributed by atoms with van der Waals surface area (Å²) < 4.78 is 5.02. The van der Waals surface area contributed by atoms with Gasteiger partial charge in [0, 0.05) is 36.7 Å². The first-order chi connectivity index (χ1) is 13.9. The van der Waals surface area contributed by atoms with Gasteiger partial charge in [-0.3, -0.25) is 9.59 Å². The molecule has 2 heterocycles. The molecule has 0 spiro atoms. The molecule has 0 aliphatic carbocycles. The Morgan fingerprint density at radius 3 is 2.69 bits per heavy atom.